The third kappa shape index (κ3) is 2.67. The van der Waals surface area contributed by atoms with Gasteiger partial charge in [-0.3, -0.25) is 5.41 Å². The molecule has 1 aromatic carbocycles. The summed E-state index contributed by atoms with van der Waals surface area (Å²) >= 11 is 0. The van der Waals surface area contributed by atoms with Crippen LogP contribution < -0.4 is 10.6 Å². The highest BCUT2D eigenvalue weighted by molar-refractivity contribution is 6.14. The number of nitrogens with zero attached hydrogens (tertiary/aromatic N) is 2. The fourth-order valence-electron chi connectivity index (χ4n) is 2.93. The molecule has 1 aliphatic heterocycles. The molecule has 1 fully saturated rings. The summed E-state index contributed by atoms with van der Waals surface area (Å²) in [4.78, 5) is 6.47. The molecular weight excluding hydrogens is 276 g/mol. The van der Waals surface area contributed by atoms with Crippen LogP contribution in [0.4, 0.5) is 11.5 Å². The Balaban J connectivity index is 1.92. The van der Waals surface area contributed by atoms with Gasteiger partial charge in [-0.2, -0.15) is 0 Å². The van der Waals surface area contributed by atoms with Crippen LogP contribution in [0, 0.1) is 5.41 Å². The van der Waals surface area contributed by atoms with Crippen LogP contribution in [0.3, 0.4) is 0 Å². The van der Waals surface area contributed by atoms with Gasteiger partial charge in [-0.15, -0.1) is 0 Å². The Bertz CT molecular complexity index is 701. The van der Waals surface area contributed by atoms with Crippen LogP contribution in [-0.4, -0.2) is 34.5 Å². The van der Waals surface area contributed by atoms with E-state index in [-0.39, 0.29) is 12.1 Å². The number of anilines is 2. The van der Waals surface area contributed by atoms with Crippen LogP contribution in [0.2, 0.25) is 0 Å². The Morgan fingerprint density at radius 3 is 2.82 bits per heavy atom. The Kier molecular flexibility index (Phi) is 3.81. The SMILES string of the molecule is C[C@@H]1C[C@@H](O)CN1c1cc(C(=N)c2ccccc2N)ccn1. The number of nitrogens with two attached hydrogens (primary N) is 1. The third-order valence-electron chi connectivity index (χ3n) is 4.11. The number of rotatable bonds is 3. The van der Waals surface area contributed by atoms with Gasteiger partial charge < -0.3 is 15.7 Å². The molecule has 0 radical (unpaired) electrons. The van der Waals surface area contributed by atoms with Gasteiger partial charge in [0.25, 0.3) is 0 Å². The van der Waals surface area contributed by atoms with E-state index in [2.05, 4.69) is 16.8 Å². The summed E-state index contributed by atoms with van der Waals surface area (Å²) in [5.41, 5.74) is 8.43. The molecule has 0 unspecified atom stereocenters. The lowest BCUT2D eigenvalue weighted by atomic mass is 10.0. The third-order valence-corrected chi connectivity index (χ3v) is 4.11. The van der Waals surface area contributed by atoms with Crippen molar-refractivity contribution in [1.82, 2.24) is 4.98 Å². The number of aliphatic hydroxyl groups is 1. The molecule has 1 saturated heterocycles. The van der Waals surface area contributed by atoms with Crippen molar-refractivity contribution in [3.63, 3.8) is 0 Å². The lowest BCUT2D eigenvalue weighted by Gasteiger charge is -2.22. The number of para-hydroxylation sites is 1. The number of aromatic nitrogens is 1. The first kappa shape index (κ1) is 14.5. The second-order valence-electron chi connectivity index (χ2n) is 5.76. The van der Waals surface area contributed by atoms with Gasteiger partial charge in [0.05, 0.1) is 11.8 Å². The molecular formula is C17H20N4O. The maximum Gasteiger partial charge on any atom is 0.129 e. The highest BCUT2D eigenvalue weighted by Crippen LogP contribution is 2.25. The number of pyridine rings is 1. The van der Waals surface area contributed by atoms with Gasteiger partial charge in [-0.25, -0.2) is 4.98 Å². The average Bonchev–Trinajstić information content (AvgIpc) is 2.86. The van der Waals surface area contributed by atoms with E-state index in [9.17, 15) is 5.11 Å². The number of benzene rings is 1. The summed E-state index contributed by atoms with van der Waals surface area (Å²) in [6.45, 7) is 2.66. The van der Waals surface area contributed by atoms with E-state index < -0.39 is 0 Å². The van der Waals surface area contributed by atoms with Gasteiger partial charge in [-0.05, 0) is 31.5 Å². The summed E-state index contributed by atoms with van der Waals surface area (Å²) in [5, 5.41) is 18.2. The van der Waals surface area contributed by atoms with Crippen molar-refractivity contribution in [3.05, 3.63) is 53.7 Å². The minimum Gasteiger partial charge on any atom is -0.398 e. The molecule has 22 heavy (non-hydrogen) atoms. The second-order valence-corrected chi connectivity index (χ2v) is 5.76. The van der Waals surface area contributed by atoms with E-state index in [1.807, 2.05) is 30.3 Å². The largest absolute Gasteiger partial charge is 0.398 e. The zero-order chi connectivity index (χ0) is 15.7. The minimum absolute atomic E-state index is 0.244. The Hall–Kier alpha value is -2.40. The molecule has 1 aromatic heterocycles. The molecule has 2 aromatic rings. The summed E-state index contributed by atoms with van der Waals surface area (Å²) in [6.07, 6.45) is 2.13. The Morgan fingerprint density at radius 2 is 2.14 bits per heavy atom. The monoisotopic (exact) mass is 296 g/mol. The van der Waals surface area contributed by atoms with E-state index >= 15 is 0 Å². The smallest absolute Gasteiger partial charge is 0.129 e. The molecule has 1 aliphatic rings. The molecule has 0 saturated carbocycles. The van der Waals surface area contributed by atoms with Gasteiger partial charge in [0.15, 0.2) is 0 Å². The van der Waals surface area contributed by atoms with Crippen molar-refractivity contribution in [3.8, 4) is 0 Å². The van der Waals surface area contributed by atoms with E-state index in [1.54, 1.807) is 12.3 Å². The summed E-state index contributed by atoms with van der Waals surface area (Å²) < 4.78 is 0. The van der Waals surface area contributed by atoms with Gasteiger partial charge in [0.1, 0.15) is 5.82 Å². The van der Waals surface area contributed by atoms with Crippen molar-refractivity contribution < 1.29 is 5.11 Å². The second kappa shape index (κ2) is 5.77. The fourth-order valence-corrected chi connectivity index (χ4v) is 2.93. The van der Waals surface area contributed by atoms with Crippen molar-refractivity contribution in [1.29, 1.82) is 5.41 Å². The van der Waals surface area contributed by atoms with Crippen molar-refractivity contribution in [2.24, 2.45) is 0 Å². The normalized spacial score (nSPS) is 21.1. The average molecular weight is 296 g/mol. The summed E-state index contributed by atoms with van der Waals surface area (Å²) in [6, 6.07) is 11.3. The Morgan fingerprint density at radius 1 is 1.36 bits per heavy atom. The van der Waals surface area contributed by atoms with Crippen LogP contribution in [0.1, 0.15) is 24.5 Å². The molecule has 0 amide bonds. The van der Waals surface area contributed by atoms with Gasteiger partial charge >= 0.3 is 0 Å². The number of hydrogen-bond donors (Lipinski definition) is 3. The number of nitrogen functional groups attached to an aromatic ring is 1. The van der Waals surface area contributed by atoms with Crippen LogP contribution in [0.15, 0.2) is 42.6 Å². The Labute approximate surface area is 129 Å². The molecule has 2 atom stereocenters. The van der Waals surface area contributed by atoms with E-state index in [1.165, 1.54) is 0 Å². The first-order valence-corrected chi connectivity index (χ1v) is 7.41. The minimum atomic E-state index is -0.315. The standard InChI is InChI=1S/C17H20N4O/c1-11-8-13(22)10-21(11)16-9-12(6-7-20-16)17(19)14-4-2-3-5-15(14)18/h2-7,9,11,13,19,22H,8,10,18H2,1H3/t11-,13-/m1/s1. The zero-order valence-corrected chi connectivity index (χ0v) is 12.5. The predicted molar refractivity (Wildman–Crippen MR) is 88.5 cm³/mol. The molecule has 4 N–H and O–H groups in total. The van der Waals surface area contributed by atoms with Gasteiger partial charge in [0, 0.05) is 35.6 Å². The van der Waals surface area contributed by atoms with Gasteiger partial charge in [-0.1, -0.05) is 18.2 Å². The molecule has 0 aliphatic carbocycles. The van der Waals surface area contributed by atoms with E-state index in [0.29, 0.717) is 23.5 Å². The maximum absolute atomic E-state index is 9.80. The maximum atomic E-state index is 9.80. The quantitative estimate of drug-likeness (QED) is 0.597. The topological polar surface area (TPSA) is 86.2 Å². The first-order chi connectivity index (χ1) is 10.6. The lowest BCUT2D eigenvalue weighted by molar-refractivity contribution is 0.195. The van der Waals surface area contributed by atoms with Crippen molar-refractivity contribution >= 4 is 17.2 Å². The zero-order valence-electron chi connectivity index (χ0n) is 12.5. The molecule has 2 heterocycles. The van der Waals surface area contributed by atoms with Crippen molar-refractivity contribution in [2.75, 3.05) is 17.2 Å². The fraction of sp³-hybridized carbons (Fsp3) is 0.294. The molecule has 5 nitrogen and oxygen atoms in total. The van der Waals surface area contributed by atoms with Crippen LogP contribution in [0.5, 0.6) is 0 Å². The number of hydrogen-bond acceptors (Lipinski definition) is 5. The molecule has 3 rings (SSSR count). The summed E-state index contributed by atoms with van der Waals surface area (Å²) in [5.74, 6) is 0.792. The van der Waals surface area contributed by atoms with Crippen LogP contribution >= 0.6 is 0 Å². The van der Waals surface area contributed by atoms with E-state index in [0.717, 1.165) is 17.8 Å². The summed E-state index contributed by atoms with van der Waals surface area (Å²) in [7, 11) is 0. The highest BCUT2D eigenvalue weighted by atomic mass is 16.3. The molecule has 114 valence electrons. The van der Waals surface area contributed by atoms with Crippen LogP contribution in [0.25, 0.3) is 0 Å². The number of nitrogens with one attached hydrogen (secondary N) is 1. The predicted octanol–water partition coefficient (Wildman–Crippen LogP) is 2.04. The first-order valence-electron chi connectivity index (χ1n) is 7.41. The van der Waals surface area contributed by atoms with E-state index in [4.69, 9.17) is 11.1 Å². The van der Waals surface area contributed by atoms with Crippen molar-refractivity contribution in [2.45, 2.75) is 25.5 Å². The number of β-amino-alcohol motifs (C(OH)–C–C–N with tert-alkyl or cyclic N) is 1. The van der Waals surface area contributed by atoms with Crippen LogP contribution in [-0.2, 0) is 0 Å². The highest BCUT2D eigenvalue weighted by Gasteiger charge is 2.28. The molecule has 0 bridgehead atoms. The van der Waals surface area contributed by atoms with Gasteiger partial charge in [0.2, 0.25) is 0 Å². The lowest BCUT2D eigenvalue weighted by Crippen LogP contribution is -2.28. The molecule has 5 heteroatoms. The molecule has 0 spiro atoms. The number of aliphatic hydroxyl groups excluding tert-OH is 1.